The fraction of sp³-hybridized carbons (Fsp3) is 0.676. The van der Waals surface area contributed by atoms with E-state index >= 15 is 0 Å². The fourth-order valence-electron chi connectivity index (χ4n) is 4.11. The molecule has 1 aliphatic heterocycles. The van der Waals surface area contributed by atoms with Crippen LogP contribution in [0.15, 0.2) is 24.3 Å². The van der Waals surface area contributed by atoms with Crippen molar-refractivity contribution in [3.8, 4) is 17.5 Å². The number of thioether (sulfide) groups is 1. The molecule has 1 heterocycles. The third-order valence-electron chi connectivity index (χ3n) is 7.07. The van der Waals surface area contributed by atoms with E-state index in [0.29, 0.717) is 30.2 Å². The highest BCUT2D eigenvalue weighted by molar-refractivity contribution is 8.77. The van der Waals surface area contributed by atoms with E-state index in [1.165, 1.54) is 53.2 Å². The molecule has 4 unspecified atom stereocenters. The zero-order valence-corrected chi connectivity index (χ0v) is 37.7. The van der Waals surface area contributed by atoms with Gasteiger partial charge in [-0.25, -0.2) is 0 Å². The zero-order valence-electron chi connectivity index (χ0n) is 32.7. The van der Waals surface area contributed by atoms with Gasteiger partial charge in [0.25, 0.3) is 13.2 Å². The van der Waals surface area contributed by atoms with E-state index in [9.17, 15) is 28.7 Å². The highest BCUT2D eigenvalue weighted by atomic mass is 33.1. The molecular formula is C34H54BN3O12PS5. The average Bonchev–Trinajstić information content (AvgIpc) is 3.11. The zero-order chi connectivity index (χ0) is 41.8. The molecule has 315 valence electrons. The van der Waals surface area contributed by atoms with Crippen LogP contribution in [-0.2, 0) is 37.8 Å². The minimum absolute atomic E-state index is 0.0277. The number of rotatable bonds is 26. The van der Waals surface area contributed by atoms with Gasteiger partial charge in [-0.3, -0.25) is 18.9 Å². The number of nitrogens with one attached hydrogen (secondary N) is 2. The lowest BCUT2D eigenvalue weighted by atomic mass is 9.66. The molecular weight excluding hydrogens is 845 g/mol. The first-order valence-electron chi connectivity index (χ1n) is 17.5. The number of benzene rings is 1. The van der Waals surface area contributed by atoms with Crippen molar-refractivity contribution in [2.45, 2.75) is 80.7 Å². The highest BCUT2D eigenvalue weighted by Gasteiger charge is 2.47. The molecule has 1 fully saturated rings. The summed E-state index contributed by atoms with van der Waals surface area (Å²) in [4.78, 5) is 55.5. The maximum Gasteiger partial charge on any atom is 0.356 e. The van der Waals surface area contributed by atoms with Gasteiger partial charge in [-0.15, -0.1) is 0 Å². The van der Waals surface area contributed by atoms with E-state index in [-0.39, 0.29) is 72.1 Å². The van der Waals surface area contributed by atoms with Gasteiger partial charge < -0.3 is 54.6 Å². The summed E-state index contributed by atoms with van der Waals surface area (Å²) in [5.41, 5.74) is 5.22. The van der Waals surface area contributed by atoms with Crippen LogP contribution >= 0.6 is 62.5 Å². The van der Waals surface area contributed by atoms with Crippen LogP contribution in [-0.4, -0.2) is 138 Å². The quantitative estimate of drug-likeness (QED) is 0.0224. The van der Waals surface area contributed by atoms with Crippen molar-refractivity contribution in [3.63, 3.8) is 0 Å². The molecule has 6 N–H and O–H groups in total. The maximum atomic E-state index is 12.4. The smallest absolute Gasteiger partial charge is 0.356 e. The molecule has 5 atom stereocenters. The Hall–Kier alpha value is -1.09. The summed E-state index contributed by atoms with van der Waals surface area (Å²) in [6.07, 6.45) is 0.705. The second-order valence-electron chi connectivity index (χ2n) is 13.3. The summed E-state index contributed by atoms with van der Waals surface area (Å²) in [5, 5.41) is 3.64. The molecule has 2 amide bonds. The summed E-state index contributed by atoms with van der Waals surface area (Å²) < 4.78 is 46.9. The van der Waals surface area contributed by atoms with Crippen LogP contribution in [0.5, 0.6) is 5.75 Å². The summed E-state index contributed by atoms with van der Waals surface area (Å²) in [6, 6.07) is 6.29. The van der Waals surface area contributed by atoms with E-state index in [4.69, 9.17) is 34.2 Å². The number of amides is 2. The maximum absolute atomic E-state index is 12.4. The summed E-state index contributed by atoms with van der Waals surface area (Å²) in [6.45, 7) is 11.4. The summed E-state index contributed by atoms with van der Waals surface area (Å²) in [7, 11) is 3.14. The summed E-state index contributed by atoms with van der Waals surface area (Å²) >= 11 is 1.13. The van der Waals surface area contributed by atoms with Gasteiger partial charge in [-0.2, -0.15) is 5.82 Å². The molecule has 1 radical (unpaired) electrons. The Morgan fingerprint density at radius 1 is 1.11 bits per heavy atom. The Morgan fingerprint density at radius 3 is 2.52 bits per heavy atom. The van der Waals surface area contributed by atoms with Crippen molar-refractivity contribution < 1.29 is 57.2 Å². The molecule has 0 saturated carbocycles. The predicted octanol–water partition coefficient (Wildman–Crippen LogP) is 3.73. The first-order valence-corrected chi connectivity index (χ1v) is 24.9. The van der Waals surface area contributed by atoms with Crippen LogP contribution in [0.3, 0.4) is 0 Å². The highest BCUT2D eigenvalue weighted by Crippen LogP contribution is 2.51. The summed E-state index contributed by atoms with van der Waals surface area (Å²) in [5.74, 6) is 6.04. The molecule has 0 aliphatic carbocycles. The molecule has 15 nitrogen and oxygen atoms in total. The molecule has 1 saturated heterocycles. The number of ether oxygens (including phenoxy) is 6. The number of nitrogens with two attached hydrogens (primary N) is 1. The second-order valence-corrected chi connectivity index (χ2v) is 22.5. The van der Waals surface area contributed by atoms with Crippen molar-refractivity contribution in [3.05, 3.63) is 29.8 Å². The Bertz CT molecular complexity index is 1500. The minimum Gasteiger partial charge on any atom is -0.490 e. The average molecular weight is 899 g/mol. The standard InChI is InChI=1S/C34H54BN3O12PS5/c1-23(39)53-22-29(54-52-7)50-30-26(19-48-34(5,6)51(42,43)44)49-31(30)35-12-9-14-37-27(40)20-45-16-17-46-28(55-56-33(2,3)4)21-47-25-11-8-10-24(18-25)32(41)38-15-13-36/h8,10-11,18,26,28-31H,13-17,19-22,36H2,1-7H3,(H,37,40)(H,38,41)(H2,42,43,44)/t26?,28?,29-,30?,31?/m1/s1. The van der Waals surface area contributed by atoms with Gasteiger partial charge in [0.2, 0.25) is 5.91 Å². The van der Waals surface area contributed by atoms with Crippen molar-refractivity contribution in [2.24, 2.45) is 5.73 Å². The van der Waals surface area contributed by atoms with Crippen LogP contribution < -0.4 is 21.1 Å². The van der Waals surface area contributed by atoms with E-state index in [1.54, 1.807) is 42.3 Å². The van der Waals surface area contributed by atoms with Gasteiger partial charge in [0.05, 0.1) is 32.4 Å². The molecule has 0 spiro atoms. The number of carbonyl (C=O) groups excluding carboxylic acids is 3. The van der Waals surface area contributed by atoms with Gasteiger partial charge in [-0.1, -0.05) is 87.7 Å². The van der Waals surface area contributed by atoms with E-state index < -0.39 is 31.1 Å². The Kier molecular flexibility index (Phi) is 23.9. The van der Waals surface area contributed by atoms with Crippen molar-refractivity contribution >= 4 is 86.7 Å². The monoisotopic (exact) mass is 898 g/mol. The topological polar surface area (TPSA) is 214 Å². The normalized spacial score (nSPS) is 18.1. The number of hydrogen-bond donors (Lipinski definition) is 5. The molecule has 1 aromatic carbocycles. The van der Waals surface area contributed by atoms with E-state index in [0.717, 1.165) is 11.8 Å². The SMILES string of the molecule is CSS[C@H](CSC(C)=O)OC1C([B]C#CCNC(=O)COCCOC(COc2cccc(C(=O)NCCN)c2)SSC(C)(C)C)OC1COC(C)(C)P(=O)(O)O. The predicted molar refractivity (Wildman–Crippen MR) is 229 cm³/mol. The van der Waals surface area contributed by atoms with Gasteiger partial charge in [0.15, 0.2) is 10.5 Å². The lowest BCUT2D eigenvalue weighted by Gasteiger charge is -2.45. The number of hydrogen-bond acceptors (Lipinski definition) is 16. The van der Waals surface area contributed by atoms with Crippen LogP contribution in [0.2, 0.25) is 0 Å². The molecule has 2 rings (SSSR count). The van der Waals surface area contributed by atoms with Gasteiger partial charge in [0.1, 0.15) is 42.0 Å². The first-order chi connectivity index (χ1) is 26.3. The Labute approximate surface area is 351 Å². The minimum atomic E-state index is -4.55. The molecule has 0 aromatic heterocycles. The lowest BCUT2D eigenvalue weighted by Crippen LogP contribution is -2.61. The van der Waals surface area contributed by atoms with E-state index in [1.807, 2.05) is 6.26 Å². The Balaban J connectivity index is 1.81. The molecule has 1 aromatic rings. The largest absolute Gasteiger partial charge is 0.490 e. The fourth-order valence-corrected chi connectivity index (χ4v) is 9.09. The van der Waals surface area contributed by atoms with Crippen molar-refractivity contribution in [2.75, 3.05) is 64.7 Å². The van der Waals surface area contributed by atoms with E-state index in [2.05, 4.69) is 43.1 Å². The second kappa shape index (κ2) is 26.2. The van der Waals surface area contributed by atoms with Gasteiger partial charge >= 0.3 is 7.60 Å². The lowest BCUT2D eigenvalue weighted by molar-refractivity contribution is -0.233. The number of carbonyl (C=O) groups is 3. The first kappa shape index (κ1) is 51.1. The Morgan fingerprint density at radius 2 is 1.86 bits per heavy atom. The van der Waals surface area contributed by atoms with Crippen molar-refractivity contribution in [1.29, 1.82) is 0 Å². The van der Waals surface area contributed by atoms with Crippen LogP contribution in [0.4, 0.5) is 0 Å². The van der Waals surface area contributed by atoms with Crippen molar-refractivity contribution in [1.82, 2.24) is 10.6 Å². The molecule has 1 aliphatic rings. The molecule has 56 heavy (non-hydrogen) atoms. The third kappa shape index (κ3) is 20.7. The molecule has 22 heteroatoms. The van der Waals surface area contributed by atoms with Gasteiger partial charge in [-0.05, 0) is 38.3 Å². The van der Waals surface area contributed by atoms with Gasteiger partial charge in [0, 0.05) is 36.1 Å². The van der Waals surface area contributed by atoms with Crippen LogP contribution in [0.1, 0.15) is 51.9 Å². The third-order valence-corrected chi connectivity index (χ3v) is 15.1. The van der Waals surface area contributed by atoms with Crippen LogP contribution in [0.25, 0.3) is 0 Å². The molecule has 0 bridgehead atoms. The van der Waals surface area contributed by atoms with Crippen LogP contribution in [0, 0.1) is 11.7 Å².